The topological polar surface area (TPSA) is 18.5 Å². The molecule has 0 amide bonds. The third kappa shape index (κ3) is 5.13. The quantitative estimate of drug-likeness (QED) is 0.512. The summed E-state index contributed by atoms with van der Waals surface area (Å²) in [5.41, 5.74) is 2.63. The van der Waals surface area contributed by atoms with E-state index < -0.39 is 8.32 Å². The molecule has 0 aliphatic heterocycles. The van der Waals surface area contributed by atoms with Crippen molar-refractivity contribution in [3.05, 3.63) is 29.3 Å². The summed E-state index contributed by atoms with van der Waals surface area (Å²) in [7, 11) is -1.68. The van der Waals surface area contributed by atoms with Gasteiger partial charge in [-0.05, 0) is 47.7 Å². The number of rotatable bonds is 5. The highest BCUT2D eigenvalue weighted by molar-refractivity contribution is 6.74. The molecule has 0 heterocycles. The van der Waals surface area contributed by atoms with Gasteiger partial charge in [-0.15, -0.1) is 0 Å². The first-order valence-corrected chi connectivity index (χ1v) is 11.1. The van der Waals surface area contributed by atoms with Crippen LogP contribution in [0, 0.1) is 6.92 Å². The minimum atomic E-state index is -1.68. The highest BCUT2D eigenvalue weighted by Gasteiger charge is 2.36. The second-order valence-corrected chi connectivity index (χ2v) is 13.5. The van der Waals surface area contributed by atoms with Gasteiger partial charge in [-0.3, -0.25) is 0 Å². The second-order valence-electron chi connectivity index (χ2n) is 8.69. The van der Waals surface area contributed by atoms with Gasteiger partial charge in [0.1, 0.15) is 12.4 Å². The lowest BCUT2D eigenvalue weighted by Gasteiger charge is -2.36. The molecule has 0 saturated carbocycles. The fourth-order valence-corrected chi connectivity index (χ4v) is 2.91. The third-order valence-corrected chi connectivity index (χ3v) is 9.20. The largest absolute Gasteiger partial charge is 0.491 e. The summed E-state index contributed by atoms with van der Waals surface area (Å²) in [6, 6.07) is 6.50. The maximum atomic E-state index is 6.17. The Balaban J connectivity index is 2.63. The molecule has 0 bridgehead atoms. The highest BCUT2D eigenvalue weighted by atomic mass is 28.4. The molecule has 0 aliphatic carbocycles. The van der Waals surface area contributed by atoms with Gasteiger partial charge in [-0.25, -0.2) is 0 Å². The van der Waals surface area contributed by atoms with E-state index in [9.17, 15) is 0 Å². The molecule has 0 spiro atoms. The molecule has 1 aromatic rings. The Bertz CT molecular complexity index is 493. The molecule has 0 aliphatic rings. The maximum absolute atomic E-state index is 6.17. The zero-order valence-electron chi connectivity index (χ0n) is 16.0. The van der Waals surface area contributed by atoms with Gasteiger partial charge in [0.15, 0.2) is 8.32 Å². The minimum absolute atomic E-state index is 0.142. The lowest BCUT2D eigenvalue weighted by Crippen LogP contribution is -2.41. The first kappa shape index (κ1) is 19.2. The van der Waals surface area contributed by atoms with Crippen LogP contribution in [0.15, 0.2) is 18.2 Å². The van der Waals surface area contributed by atoms with Crippen LogP contribution in [-0.2, 0) is 9.84 Å². The standard InChI is InChI=1S/C19H34O2Si/c1-15-10-11-16(18(2,3)4)14-17(15)20-12-13-21-22(8,9)19(5,6)7/h10-11,14H,12-13H2,1-9H3. The molecule has 0 fully saturated rings. The summed E-state index contributed by atoms with van der Waals surface area (Å²) in [6.07, 6.45) is 0. The van der Waals surface area contributed by atoms with Crippen LogP contribution >= 0.6 is 0 Å². The Kier molecular flexibility index (Phi) is 5.91. The minimum Gasteiger partial charge on any atom is -0.491 e. The van der Waals surface area contributed by atoms with E-state index in [4.69, 9.17) is 9.16 Å². The average Bonchev–Trinajstić information content (AvgIpc) is 2.33. The summed E-state index contributed by atoms with van der Waals surface area (Å²) in [5, 5.41) is 0.245. The Morgan fingerprint density at radius 3 is 2.05 bits per heavy atom. The van der Waals surface area contributed by atoms with Crippen LogP contribution < -0.4 is 4.74 Å². The zero-order valence-corrected chi connectivity index (χ0v) is 17.0. The molecule has 3 heteroatoms. The molecule has 0 saturated heterocycles. The van der Waals surface area contributed by atoms with Crippen molar-refractivity contribution >= 4 is 8.32 Å². The maximum Gasteiger partial charge on any atom is 0.192 e. The van der Waals surface area contributed by atoms with Gasteiger partial charge >= 0.3 is 0 Å². The molecule has 22 heavy (non-hydrogen) atoms. The van der Waals surface area contributed by atoms with Crippen molar-refractivity contribution in [1.82, 2.24) is 0 Å². The van der Waals surface area contributed by atoms with Crippen molar-refractivity contribution < 1.29 is 9.16 Å². The van der Waals surface area contributed by atoms with Gasteiger partial charge in [-0.1, -0.05) is 53.7 Å². The van der Waals surface area contributed by atoms with E-state index in [0.717, 1.165) is 5.75 Å². The summed E-state index contributed by atoms with van der Waals surface area (Å²) in [5.74, 6) is 0.978. The number of hydrogen-bond acceptors (Lipinski definition) is 2. The third-order valence-electron chi connectivity index (χ3n) is 4.66. The van der Waals surface area contributed by atoms with Crippen LogP contribution in [0.1, 0.15) is 52.7 Å². The van der Waals surface area contributed by atoms with Crippen molar-refractivity contribution in [2.75, 3.05) is 13.2 Å². The van der Waals surface area contributed by atoms with E-state index in [1.165, 1.54) is 11.1 Å². The smallest absolute Gasteiger partial charge is 0.192 e. The Morgan fingerprint density at radius 2 is 1.55 bits per heavy atom. The van der Waals surface area contributed by atoms with Gasteiger partial charge in [-0.2, -0.15) is 0 Å². The van der Waals surface area contributed by atoms with Gasteiger partial charge < -0.3 is 9.16 Å². The zero-order chi connectivity index (χ0) is 17.2. The fourth-order valence-electron chi connectivity index (χ4n) is 1.89. The van der Waals surface area contributed by atoms with E-state index in [0.29, 0.717) is 13.2 Å². The van der Waals surface area contributed by atoms with E-state index in [-0.39, 0.29) is 10.5 Å². The summed E-state index contributed by atoms with van der Waals surface area (Å²) in [6.45, 7) is 21.4. The van der Waals surface area contributed by atoms with Crippen molar-refractivity contribution in [3.63, 3.8) is 0 Å². The molecular formula is C19H34O2Si. The van der Waals surface area contributed by atoms with E-state index in [1.54, 1.807) is 0 Å². The Hall–Kier alpha value is -0.803. The molecule has 1 rings (SSSR count). The van der Waals surface area contributed by atoms with Crippen molar-refractivity contribution in [3.8, 4) is 5.75 Å². The van der Waals surface area contributed by atoms with Crippen LogP contribution in [0.25, 0.3) is 0 Å². The molecule has 0 radical (unpaired) electrons. The lowest BCUT2D eigenvalue weighted by molar-refractivity contribution is 0.202. The molecular weight excluding hydrogens is 288 g/mol. The van der Waals surface area contributed by atoms with Gasteiger partial charge in [0, 0.05) is 0 Å². The van der Waals surface area contributed by atoms with Crippen LogP contribution in [0.2, 0.25) is 18.1 Å². The first-order chi connectivity index (χ1) is 9.84. The second kappa shape index (κ2) is 6.75. The predicted molar refractivity (Wildman–Crippen MR) is 98.5 cm³/mol. The van der Waals surface area contributed by atoms with Gasteiger partial charge in [0.2, 0.25) is 0 Å². The van der Waals surface area contributed by atoms with Gasteiger partial charge in [0.05, 0.1) is 6.61 Å². The highest BCUT2D eigenvalue weighted by Crippen LogP contribution is 2.36. The summed E-state index contributed by atoms with van der Waals surface area (Å²) >= 11 is 0. The van der Waals surface area contributed by atoms with Crippen molar-refractivity contribution in [2.24, 2.45) is 0 Å². The average molecular weight is 323 g/mol. The first-order valence-electron chi connectivity index (χ1n) is 8.22. The number of hydrogen-bond donors (Lipinski definition) is 0. The monoisotopic (exact) mass is 322 g/mol. The van der Waals surface area contributed by atoms with Crippen LogP contribution in [0.3, 0.4) is 0 Å². The number of aryl methyl sites for hydroxylation is 1. The van der Waals surface area contributed by atoms with E-state index in [2.05, 4.69) is 79.8 Å². The van der Waals surface area contributed by atoms with Crippen LogP contribution in [-0.4, -0.2) is 21.5 Å². The predicted octanol–water partition coefficient (Wildman–Crippen LogP) is 5.69. The Labute approximate surface area is 138 Å². The molecule has 0 N–H and O–H groups in total. The lowest BCUT2D eigenvalue weighted by atomic mass is 9.86. The van der Waals surface area contributed by atoms with E-state index in [1.807, 2.05) is 0 Å². The van der Waals surface area contributed by atoms with Crippen LogP contribution in [0.5, 0.6) is 5.75 Å². The summed E-state index contributed by atoms with van der Waals surface area (Å²) in [4.78, 5) is 0. The summed E-state index contributed by atoms with van der Waals surface area (Å²) < 4.78 is 12.1. The molecule has 0 atom stereocenters. The van der Waals surface area contributed by atoms with Gasteiger partial charge in [0.25, 0.3) is 0 Å². The SMILES string of the molecule is Cc1ccc(C(C)(C)C)cc1OCCO[Si](C)(C)C(C)(C)C. The van der Waals surface area contributed by atoms with Crippen LogP contribution in [0.4, 0.5) is 0 Å². The molecule has 1 aromatic carbocycles. The Morgan fingerprint density at radius 1 is 0.955 bits per heavy atom. The number of benzene rings is 1. The van der Waals surface area contributed by atoms with Crippen molar-refractivity contribution in [2.45, 2.75) is 72.0 Å². The molecule has 2 nitrogen and oxygen atoms in total. The fraction of sp³-hybridized carbons (Fsp3) is 0.684. The normalized spacial score (nSPS) is 13.3. The van der Waals surface area contributed by atoms with Crippen molar-refractivity contribution in [1.29, 1.82) is 0 Å². The number of ether oxygens (including phenoxy) is 1. The molecule has 0 unspecified atom stereocenters. The van der Waals surface area contributed by atoms with E-state index >= 15 is 0 Å². The molecule has 126 valence electrons. The molecule has 0 aromatic heterocycles.